The second-order valence-electron chi connectivity index (χ2n) is 5.65. The van der Waals surface area contributed by atoms with Crippen LogP contribution in [0.5, 0.6) is 5.75 Å². The molecule has 0 heterocycles. The van der Waals surface area contributed by atoms with Crippen molar-refractivity contribution in [3.05, 3.63) is 59.6 Å². The molecule has 0 radical (unpaired) electrons. The van der Waals surface area contributed by atoms with Crippen molar-refractivity contribution in [1.82, 2.24) is 0 Å². The molecular formula is C17H14ClNO5S2. The number of hydrogen-bond acceptors (Lipinski definition) is 5. The minimum atomic E-state index is -4.10. The summed E-state index contributed by atoms with van der Waals surface area (Å²) in [6, 6.07) is 13.0. The molecule has 0 atom stereocenters. The van der Waals surface area contributed by atoms with Crippen LogP contribution in [0.2, 0.25) is 5.02 Å². The van der Waals surface area contributed by atoms with Crippen LogP contribution in [0.4, 0.5) is 5.69 Å². The lowest BCUT2D eigenvalue weighted by Crippen LogP contribution is -2.11. The molecule has 0 aliphatic rings. The minimum absolute atomic E-state index is 0.0634. The number of anilines is 1. The van der Waals surface area contributed by atoms with Gasteiger partial charge < -0.3 is 5.11 Å². The van der Waals surface area contributed by atoms with Gasteiger partial charge in [-0.15, -0.1) is 0 Å². The fourth-order valence-electron chi connectivity index (χ4n) is 2.56. The first-order chi connectivity index (χ1) is 12.1. The fourth-order valence-corrected chi connectivity index (χ4v) is 4.64. The Morgan fingerprint density at radius 3 is 2.08 bits per heavy atom. The second-order valence-corrected chi connectivity index (χ2v) is 9.75. The van der Waals surface area contributed by atoms with Crippen molar-refractivity contribution in [2.75, 3.05) is 11.0 Å². The highest BCUT2D eigenvalue weighted by atomic mass is 35.5. The molecule has 0 saturated carbocycles. The summed E-state index contributed by atoms with van der Waals surface area (Å²) in [5.74, 6) is -0.449. The first-order valence-corrected chi connectivity index (χ1v) is 11.1. The Bertz CT molecular complexity index is 1200. The molecule has 0 saturated heterocycles. The van der Waals surface area contributed by atoms with Crippen LogP contribution >= 0.6 is 11.6 Å². The molecule has 3 rings (SSSR count). The van der Waals surface area contributed by atoms with Gasteiger partial charge in [0.2, 0.25) is 19.9 Å². The summed E-state index contributed by atoms with van der Waals surface area (Å²) in [7, 11) is -7.76. The summed E-state index contributed by atoms with van der Waals surface area (Å²) >= 11 is 5.79. The summed E-state index contributed by atoms with van der Waals surface area (Å²) in [6.07, 6.45) is 0.960. The number of phenolic OH excluding ortho intramolecular Hbond substituents is 1. The molecule has 0 unspecified atom stereocenters. The van der Waals surface area contributed by atoms with Gasteiger partial charge in [0.25, 0.3) is 0 Å². The standard InChI is InChI=1S/C17H14ClNO5S2/c1-25(21,22)19-15-10-16(17(20)14-5-3-2-4-13(14)15)26(23,24)12-8-6-11(18)7-9-12/h2-10,19-20H,1H3. The van der Waals surface area contributed by atoms with Crippen LogP contribution in [0.1, 0.15) is 0 Å². The quantitative estimate of drug-likeness (QED) is 0.641. The Morgan fingerprint density at radius 1 is 0.923 bits per heavy atom. The Kier molecular flexibility index (Phi) is 4.60. The van der Waals surface area contributed by atoms with Gasteiger partial charge in [-0.2, -0.15) is 0 Å². The van der Waals surface area contributed by atoms with E-state index in [4.69, 9.17) is 11.6 Å². The topological polar surface area (TPSA) is 101 Å². The number of sulfone groups is 1. The number of fused-ring (bicyclic) bond motifs is 1. The van der Waals surface area contributed by atoms with E-state index < -0.39 is 30.5 Å². The van der Waals surface area contributed by atoms with E-state index in [0.29, 0.717) is 10.4 Å². The third kappa shape index (κ3) is 3.48. The summed E-state index contributed by atoms with van der Waals surface area (Å²) in [5, 5.41) is 11.5. The zero-order valence-corrected chi connectivity index (χ0v) is 15.9. The van der Waals surface area contributed by atoms with Crippen molar-refractivity contribution < 1.29 is 21.9 Å². The third-order valence-electron chi connectivity index (χ3n) is 3.69. The van der Waals surface area contributed by atoms with Crippen LogP contribution in [-0.4, -0.2) is 28.2 Å². The molecule has 0 aliphatic heterocycles. The monoisotopic (exact) mass is 411 g/mol. The lowest BCUT2D eigenvalue weighted by atomic mass is 10.1. The molecule has 0 bridgehead atoms. The van der Waals surface area contributed by atoms with E-state index in [2.05, 4.69) is 4.72 Å². The minimum Gasteiger partial charge on any atom is -0.506 e. The maximum Gasteiger partial charge on any atom is 0.229 e. The van der Waals surface area contributed by atoms with Gasteiger partial charge in [-0.3, -0.25) is 4.72 Å². The van der Waals surface area contributed by atoms with Crippen molar-refractivity contribution in [1.29, 1.82) is 0 Å². The van der Waals surface area contributed by atoms with Gasteiger partial charge in [0, 0.05) is 15.8 Å². The summed E-state index contributed by atoms with van der Waals surface area (Å²) in [5.41, 5.74) is 0.0634. The van der Waals surface area contributed by atoms with Crippen LogP contribution in [0.25, 0.3) is 10.8 Å². The van der Waals surface area contributed by atoms with Crippen LogP contribution in [0.15, 0.2) is 64.4 Å². The SMILES string of the molecule is CS(=O)(=O)Nc1cc(S(=O)(=O)c2ccc(Cl)cc2)c(O)c2ccccc12. The number of halogens is 1. The first kappa shape index (κ1) is 18.5. The number of sulfonamides is 1. The Labute approximate surface area is 156 Å². The lowest BCUT2D eigenvalue weighted by molar-refractivity contribution is 0.465. The number of aromatic hydroxyl groups is 1. The van der Waals surface area contributed by atoms with E-state index in [9.17, 15) is 21.9 Å². The first-order valence-electron chi connectivity index (χ1n) is 7.33. The molecule has 3 aromatic carbocycles. The van der Waals surface area contributed by atoms with Gasteiger partial charge in [0.15, 0.2) is 0 Å². The number of nitrogens with one attached hydrogen (secondary N) is 1. The molecule has 26 heavy (non-hydrogen) atoms. The molecular weight excluding hydrogens is 398 g/mol. The average molecular weight is 412 g/mol. The molecule has 6 nitrogen and oxygen atoms in total. The van der Waals surface area contributed by atoms with Crippen molar-refractivity contribution in [3.63, 3.8) is 0 Å². The number of phenols is 1. The Hall–Kier alpha value is -2.29. The maximum absolute atomic E-state index is 12.9. The summed E-state index contributed by atoms with van der Waals surface area (Å²) < 4.78 is 51.5. The van der Waals surface area contributed by atoms with E-state index >= 15 is 0 Å². The predicted molar refractivity (Wildman–Crippen MR) is 101 cm³/mol. The number of benzene rings is 3. The smallest absolute Gasteiger partial charge is 0.229 e. The highest BCUT2D eigenvalue weighted by Gasteiger charge is 2.25. The van der Waals surface area contributed by atoms with E-state index in [1.54, 1.807) is 18.2 Å². The number of rotatable bonds is 4. The third-order valence-corrected chi connectivity index (χ3v) is 6.32. The van der Waals surface area contributed by atoms with Crippen LogP contribution in [0, 0.1) is 0 Å². The van der Waals surface area contributed by atoms with Crippen LogP contribution in [0.3, 0.4) is 0 Å². The van der Waals surface area contributed by atoms with Crippen molar-refractivity contribution in [3.8, 4) is 5.75 Å². The van der Waals surface area contributed by atoms with E-state index in [1.807, 2.05) is 0 Å². The second kappa shape index (κ2) is 6.46. The highest BCUT2D eigenvalue weighted by Crippen LogP contribution is 2.39. The zero-order valence-electron chi connectivity index (χ0n) is 13.5. The van der Waals surface area contributed by atoms with Gasteiger partial charge >= 0.3 is 0 Å². The van der Waals surface area contributed by atoms with Crippen molar-refractivity contribution in [2.24, 2.45) is 0 Å². The van der Waals surface area contributed by atoms with Gasteiger partial charge in [-0.25, -0.2) is 16.8 Å². The fraction of sp³-hybridized carbons (Fsp3) is 0.0588. The van der Waals surface area contributed by atoms with Gasteiger partial charge in [0.1, 0.15) is 10.6 Å². The predicted octanol–water partition coefficient (Wildman–Crippen LogP) is 3.40. The molecule has 0 aromatic heterocycles. The van der Waals surface area contributed by atoms with Gasteiger partial charge in [0.05, 0.1) is 16.8 Å². The molecule has 9 heteroatoms. The Balaban J connectivity index is 2.32. The highest BCUT2D eigenvalue weighted by molar-refractivity contribution is 7.92. The molecule has 3 aromatic rings. The van der Waals surface area contributed by atoms with E-state index in [1.165, 1.54) is 30.3 Å². The number of hydrogen-bond donors (Lipinski definition) is 2. The van der Waals surface area contributed by atoms with E-state index in [-0.39, 0.29) is 16.0 Å². The molecule has 0 aliphatic carbocycles. The summed E-state index contributed by atoms with van der Waals surface area (Å²) in [6.45, 7) is 0. The van der Waals surface area contributed by atoms with Crippen molar-refractivity contribution >= 4 is 47.9 Å². The molecule has 0 spiro atoms. The lowest BCUT2D eigenvalue weighted by Gasteiger charge is -2.14. The normalized spacial score (nSPS) is 12.2. The van der Waals surface area contributed by atoms with Crippen LogP contribution < -0.4 is 4.72 Å². The molecule has 0 amide bonds. The largest absolute Gasteiger partial charge is 0.506 e. The maximum atomic E-state index is 12.9. The molecule has 136 valence electrons. The summed E-state index contributed by atoms with van der Waals surface area (Å²) in [4.78, 5) is -0.470. The zero-order chi connectivity index (χ0) is 19.1. The Morgan fingerprint density at radius 2 is 1.50 bits per heavy atom. The molecule has 2 N–H and O–H groups in total. The van der Waals surface area contributed by atoms with Crippen LogP contribution in [-0.2, 0) is 19.9 Å². The molecule has 0 fully saturated rings. The van der Waals surface area contributed by atoms with Gasteiger partial charge in [-0.1, -0.05) is 35.9 Å². The van der Waals surface area contributed by atoms with Gasteiger partial charge in [-0.05, 0) is 30.3 Å². The van der Waals surface area contributed by atoms with E-state index in [0.717, 1.165) is 12.3 Å². The average Bonchev–Trinajstić information content (AvgIpc) is 2.56. The van der Waals surface area contributed by atoms with Crippen molar-refractivity contribution in [2.45, 2.75) is 9.79 Å².